The standard InChI is InChI=1S/C34H30N4O/c39-34-28(33(26-13-5-2-6-14-26)35-32-17-9-10-20-37(32)34)18-21-36-22-19-31-29(24-36)27-15-7-8-16-30(27)38(31)23-25-11-3-1-4-12-25/h1-17,20H,18-19,21-24H2. The highest BCUT2D eigenvalue weighted by molar-refractivity contribution is 5.86. The first-order chi connectivity index (χ1) is 19.3. The van der Waals surface area contributed by atoms with Crippen molar-refractivity contribution in [2.75, 3.05) is 13.1 Å². The second-order valence-corrected chi connectivity index (χ2v) is 10.3. The fourth-order valence-corrected chi connectivity index (χ4v) is 6.05. The zero-order chi connectivity index (χ0) is 26.2. The molecule has 0 unspecified atom stereocenters. The average Bonchev–Trinajstić information content (AvgIpc) is 3.30. The number of hydrogen-bond acceptors (Lipinski definition) is 3. The summed E-state index contributed by atoms with van der Waals surface area (Å²) >= 11 is 0. The van der Waals surface area contributed by atoms with Gasteiger partial charge in [-0.1, -0.05) is 84.9 Å². The van der Waals surface area contributed by atoms with Crippen molar-refractivity contribution in [1.82, 2.24) is 18.9 Å². The molecule has 0 bridgehead atoms. The molecule has 0 N–H and O–H groups in total. The van der Waals surface area contributed by atoms with Crippen LogP contribution in [-0.2, 0) is 25.9 Å². The van der Waals surface area contributed by atoms with Crippen molar-refractivity contribution in [2.24, 2.45) is 0 Å². The van der Waals surface area contributed by atoms with Gasteiger partial charge >= 0.3 is 0 Å². The topological polar surface area (TPSA) is 42.5 Å². The Kier molecular flexibility index (Phi) is 6.06. The highest BCUT2D eigenvalue weighted by Gasteiger charge is 2.25. The molecule has 5 heteroatoms. The molecule has 0 aliphatic carbocycles. The summed E-state index contributed by atoms with van der Waals surface area (Å²) in [7, 11) is 0. The summed E-state index contributed by atoms with van der Waals surface area (Å²) in [6.07, 6.45) is 3.47. The zero-order valence-corrected chi connectivity index (χ0v) is 21.8. The van der Waals surface area contributed by atoms with E-state index in [1.165, 1.54) is 27.7 Å². The van der Waals surface area contributed by atoms with Gasteiger partial charge in [-0.05, 0) is 35.7 Å². The van der Waals surface area contributed by atoms with Crippen LogP contribution in [0.4, 0.5) is 0 Å². The first-order valence-corrected chi connectivity index (χ1v) is 13.7. The van der Waals surface area contributed by atoms with Crippen LogP contribution >= 0.6 is 0 Å². The SMILES string of the molecule is O=c1c(CCN2CCc3c(c4ccccc4n3Cc3ccccc3)C2)c(-c2ccccc2)nc2ccccn12. The Labute approximate surface area is 227 Å². The van der Waals surface area contributed by atoms with Gasteiger partial charge in [-0.25, -0.2) is 4.98 Å². The minimum atomic E-state index is 0.0246. The molecular formula is C34H30N4O. The Bertz CT molecular complexity index is 1840. The van der Waals surface area contributed by atoms with Crippen LogP contribution in [0.5, 0.6) is 0 Å². The summed E-state index contributed by atoms with van der Waals surface area (Å²) in [5.41, 5.74) is 8.75. The lowest BCUT2D eigenvalue weighted by Crippen LogP contribution is -2.34. The molecule has 6 aromatic rings. The fourth-order valence-electron chi connectivity index (χ4n) is 6.05. The van der Waals surface area contributed by atoms with E-state index < -0.39 is 0 Å². The minimum Gasteiger partial charge on any atom is -0.340 e. The monoisotopic (exact) mass is 510 g/mol. The Morgan fingerprint density at radius 1 is 0.795 bits per heavy atom. The van der Waals surface area contributed by atoms with Crippen molar-refractivity contribution in [2.45, 2.75) is 25.9 Å². The Morgan fingerprint density at radius 2 is 1.54 bits per heavy atom. The zero-order valence-electron chi connectivity index (χ0n) is 21.8. The molecule has 0 amide bonds. The third kappa shape index (κ3) is 4.35. The maximum atomic E-state index is 13.6. The van der Waals surface area contributed by atoms with E-state index in [0.717, 1.165) is 49.4 Å². The number of rotatable bonds is 6. The van der Waals surface area contributed by atoms with Crippen molar-refractivity contribution in [3.05, 3.63) is 142 Å². The van der Waals surface area contributed by atoms with Gasteiger partial charge in [-0.3, -0.25) is 14.1 Å². The Hall–Kier alpha value is -4.48. The normalized spacial score (nSPS) is 13.6. The molecule has 1 aliphatic heterocycles. The van der Waals surface area contributed by atoms with Crippen LogP contribution < -0.4 is 5.56 Å². The molecule has 0 spiro atoms. The molecule has 0 fully saturated rings. The molecule has 3 aromatic carbocycles. The van der Waals surface area contributed by atoms with E-state index in [2.05, 4.69) is 64.1 Å². The smallest absolute Gasteiger partial charge is 0.261 e. The summed E-state index contributed by atoms with van der Waals surface area (Å²) in [6.45, 7) is 3.56. The Morgan fingerprint density at radius 3 is 2.38 bits per heavy atom. The van der Waals surface area contributed by atoms with Crippen LogP contribution in [0.15, 0.2) is 114 Å². The van der Waals surface area contributed by atoms with Gasteiger partial charge in [-0.15, -0.1) is 0 Å². The summed E-state index contributed by atoms with van der Waals surface area (Å²) in [6, 6.07) is 35.3. The largest absolute Gasteiger partial charge is 0.340 e. The number of benzene rings is 3. The molecule has 1 aliphatic rings. The van der Waals surface area contributed by atoms with Gasteiger partial charge in [-0.2, -0.15) is 0 Å². The second-order valence-electron chi connectivity index (χ2n) is 10.3. The van der Waals surface area contributed by atoms with E-state index in [1.807, 2.05) is 54.7 Å². The fraction of sp³-hybridized carbons (Fsp3) is 0.176. The molecular weight excluding hydrogens is 480 g/mol. The average molecular weight is 511 g/mol. The summed E-state index contributed by atoms with van der Waals surface area (Å²) < 4.78 is 4.18. The van der Waals surface area contributed by atoms with Gasteiger partial charge in [0.15, 0.2) is 0 Å². The molecule has 7 rings (SSSR count). The van der Waals surface area contributed by atoms with Crippen LogP contribution in [0.2, 0.25) is 0 Å². The van der Waals surface area contributed by atoms with Crippen molar-refractivity contribution in [1.29, 1.82) is 0 Å². The number of pyridine rings is 1. The van der Waals surface area contributed by atoms with E-state index in [4.69, 9.17) is 4.98 Å². The van der Waals surface area contributed by atoms with Crippen LogP contribution in [0.3, 0.4) is 0 Å². The lowest BCUT2D eigenvalue weighted by molar-refractivity contribution is 0.255. The van der Waals surface area contributed by atoms with E-state index in [0.29, 0.717) is 12.1 Å². The number of nitrogens with zero attached hydrogens (tertiary/aromatic N) is 4. The molecule has 0 saturated heterocycles. The molecule has 3 aromatic heterocycles. The van der Waals surface area contributed by atoms with E-state index in [1.54, 1.807) is 4.40 Å². The predicted octanol–water partition coefficient (Wildman–Crippen LogP) is 5.97. The number of fused-ring (bicyclic) bond motifs is 4. The summed E-state index contributed by atoms with van der Waals surface area (Å²) in [5.74, 6) is 0. The molecule has 4 heterocycles. The van der Waals surface area contributed by atoms with Crippen molar-refractivity contribution >= 4 is 16.6 Å². The van der Waals surface area contributed by atoms with Crippen molar-refractivity contribution < 1.29 is 0 Å². The van der Waals surface area contributed by atoms with Crippen LogP contribution in [0.1, 0.15) is 22.4 Å². The molecule has 39 heavy (non-hydrogen) atoms. The van der Waals surface area contributed by atoms with Crippen molar-refractivity contribution in [3.8, 4) is 11.3 Å². The highest BCUT2D eigenvalue weighted by Crippen LogP contribution is 2.32. The summed E-state index contributed by atoms with van der Waals surface area (Å²) in [4.78, 5) is 21.1. The third-order valence-corrected chi connectivity index (χ3v) is 7.98. The predicted molar refractivity (Wildman–Crippen MR) is 157 cm³/mol. The number of para-hydroxylation sites is 1. The van der Waals surface area contributed by atoms with E-state index >= 15 is 0 Å². The number of aromatic nitrogens is 3. The van der Waals surface area contributed by atoms with Gasteiger partial charge in [0.25, 0.3) is 5.56 Å². The third-order valence-electron chi connectivity index (χ3n) is 7.98. The molecule has 0 radical (unpaired) electrons. The second kappa shape index (κ2) is 10.0. The van der Waals surface area contributed by atoms with Crippen LogP contribution in [-0.4, -0.2) is 31.9 Å². The first kappa shape index (κ1) is 23.6. The van der Waals surface area contributed by atoms with Gasteiger partial charge in [0.2, 0.25) is 0 Å². The maximum absolute atomic E-state index is 13.6. The van der Waals surface area contributed by atoms with Crippen LogP contribution in [0.25, 0.3) is 27.8 Å². The first-order valence-electron chi connectivity index (χ1n) is 13.7. The van der Waals surface area contributed by atoms with Gasteiger partial charge in [0.1, 0.15) is 5.65 Å². The number of hydrogen-bond donors (Lipinski definition) is 0. The summed E-state index contributed by atoms with van der Waals surface area (Å²) in [5, 5.41) is 1.34. The van der Waals surface area contributed by atoms with Gasteiger partial charge in [0, 0.05) is 66.5 Å². The molecule has 5 nitrogen and oxygen atoms in total. The molecule has 0 saturated carbocycles. The highest BCUT2D eigenvalue weighted by atomic mass is 16.1. The van der Waals surface area contributed by atoms with Gasteiger partial charge in [0.05, 0.1) is 5.69 Å². The maximum Gasteiger partial charge on any atom is 0.261 e. The van der Waals surface area contributed by atoms with Crippen LogP contribution in [0, 0.1) is 0 Å². The lowest BCUT2D eigenvalue weighted by Gasteiger charge is -2.28. The quantitative estimate of drug-likeness (QED) is 0.277. The molecule has 0 atom stereocenters. The van der Waals surface area contributed by atoms with E-state index in [9.17, 15) is 4.79 Å². The van der Waals surface area contributed by atoms with Gasteiger partial charge < -0.3 is 4.57 Å². The Balaban J connectivity index is 1.21. The lowest BCUT2D eigenvalue weighted by atomic mass is 10.0. The molecule has 192 valence electrons. The minimum absolute atomic E-state index is 0.0246. The van der Waals surface area contributed by atoms with E-state index in [-0.39, 0.29) is 5.56 Å². The van der Waals surface area contributed by atoms with Crippen molar-refractivity contribution in [3.63, 3.8) is 0 Å².